The molecule has 0 fully saturated rings. The molecule has 0 aliphatic rings. The van der Waals surface area contributed by atoms with Crippen LogP contribution in [-0.4, -0.2) is 4.98 Å². The van der Waals surface area contributed by atoms with E-state index in [0.29, 0.717) is 16.7 Å². The average molecular weight is 269 g/mol. The maximum absolute atomic E-state index is 13.6. The maximum Gasteiger partial charge on any atom is 0.220 e. The fourth-order valence-corrected chi connectivity index (χ4v) is 1.75. The van der Waals surface area contributed by atoms with Gasteiger partial charge in [-0.15, -0.1) is 0 Å². The van der Waals surface area contributed by atoms with Crippen molar-refractivity contribution in [3.05, 3.63) is 59.8 Å². The minimum atomic E-state index is -0.537. The number of nitrogens with one attached hydrogen (secondary N) is 1. The number of hydrazine groups is 1. The fraction of sp³-hybridized carbons (Fsp3) is 0. The van der Waals surface area contributed by atoms with Gasteiger partial charge in [-0.05, 0) is 17.7 Å². The zero-order valence-electron chi connectivity index (χ0n) is 10.5. The van der Waals surface area contributed by atoms with Crippen molar-refractivity contribution in [1.29, 1.82) is 5.26 Å². The van der Waals surface area contributed by atoms with E-state index in [0.717, 1.165) is 0 Å². The van der Waals surface area contributed by atoms with Gasteiger partial charge in [-0.1, -0.05) is 24.3 Å². The van der Waals surface area contributed by atoms with Gasteiger partial charge in [-0.2, -0.15) is 9.65 Å². The number of allylic oxidation sites excluding steroid dienone is 1. The number of nitrogens with zero attached hydrogens (tertiary/aromatic N) is 2. The topological polar surface area (TPSA) is 101 Å². The largest absolute Gasteiger partial charge is 0.396 e. The lowest BCUT2D eigenvalue weighted by atomic mass is 10.0. The Kier molecular flexibility index (Phi) is 3.93. The lowest BCUT2D eigenvalue weighted by Gasteiger charge is -2.07. The third-order valence-corrected chi connectivity index (χ3v) is 2.79. The van der Waals surface area contributed by atoms with Crippen LogP contribution in [-0.2, 0) is 0 Å². The number of hydrogen-bond donors (Lipinski definition) is 3. The molecule has 0 aliphatic heterocycles. The van der Waals surface area contributed by atoms with Crippen molar-refractivity contribution in [3.63, 3.8) is 0 Å². The predicted molar refractivity (Wildman–Crippen MR) is 73.7 cm³/mol. The summed E-state index contributed by atoms with van der Waals surface area (Å²) in [6, 6.07) is 11.9. The highest BCUT2D eigenvalue weighted by atomic mass is 19.1. The van der Waals surface area contributed by atoms with E-state index in [-0.39, 0.29) is 11.4 Å². The first-order valence-electron chi connectivity index (χ1n) is 5.75. The zero-order chi connectivity index (χ0) is 14.5. The first-order chi connectivity index (χ1) is 9.67. The van der Waals surface area contributed by atoms with Crippen molar-refractivity contribution >= 4 is 5.70 Å². The van der Waals surface area contributed by atoms with Gasteiger partial charge >= 0.3 is 0 Å². The molecule has 2 aromatic rings. The molecular formula is C14H12FN5. The van der Waals surface area contributed by atoms with Crippen molar-refractivity contribution in [2.24, 2.45) is 11.6 Å². The second-order valence-electron chi connectivity index (χ2n) is 3.96. The number of aromatic nitrogens is 1. The summed E-state index contributed by atoms with van der Waals surface area (Å²) in [5.41, 5.74) is 10.0. The lowest BCUT2D eigenvalue weighted by Crippen LogP contribution is -2.23. The van der Waals surface area contributed by atoms with Crippen LogP contribution < -0.4 is 17.0 Å². The third kappa shape index (κ3) is 2.58. The average Bonchev–Trinajstić information content (AvgIpc) is 2.49. The molecule has 0 aliphatic carbocycles. The smallest absolute Gasteiger partial charge is 0.220 e. The van der Waals surface area contributed by atoms with Crippen LogP contribution in [0.1, 0.15) is 5.56 Å². The van der Waals surface area contributed by atoms with Gasteiger partial charge in [0, 0.05) is 17.3 Å². The molecule has 1 aromatic carbocycles. The number of hydrogen-bond acceptors (Lipinski definition) is 5. The Morgan fingerprint density at radius 2 is 1.95 bits per heavy atom. The van der Waals surface area contributed by atoms with Crippen molar-refractivity contribution in [2.45, 2.75) is 0 Å². The minimum Gasteiger partial charge on any atom is -0.396 e. The highest BCUT2D eigenvalue weighted by Gasteiger charge is 2.07. The molecule has 0 unspecified atom stereocenters. The van der Waals surface area contributed by atoms with Gasteiger partial charge in [0.1, 0.15) is 6.07 Å². The van der Waals surface area contributed by atoms with E-state index < -0.39 is 5.95 Å². The van der Waals surface area contributed by atoms with E-state index >= 15 is 0 Å². The normalized spacial score (nSPS) is 11.4. The van der Waals surface area contributed by atoms with Crippen molar-refractivity contribution < 1.29 is 4.39 Å². The van der Waals surface area contributed by atoms with Gasteiger partial charge in [-0.3, -0.25) is 0 Å². The Morgan fingerprint density at radius 3 is 2.50 bits per heavy atom. The van der Waals surface area contributed by atoms with Crippen LogP contribution in [0.5, 0.6) is 0 Å². The number of rotatable bonds is 3. The Hall–Kier alpha value is -2.91. The van der Waals surface area contributed by atoms with Gasteiger partial charge in [0.2, 0.25) is 5.95 Å². The van der Waals surface area contributed by atoms with Gasteiger partial charge in [0.25, 0.3) is 0 Å². The van der Waals surface area contributed by atoms with Crippen LogP contribution in [0.4, 0.5) is 4.39 Å². The number of halogens is 1. The van der Waals surface area contributed by atoms with E-state index in [4.69, 9.17) is 16.8 Å². The molecule has 2 rings (SSSR count). The molecule has 1 aromatic heterocycles. The monoisotopic (exact) mass is 269 g/mol. The third-order valence-electron chi connectivity index (χ3n) is 2.79. The molecule has 1 heterocycles. The number of benzene rings is 1. The lowest BCUT2D eigenvalue weighted by molar-refractivity contribution is 0.587. The summed E-state index contributed by atoms with van der Waals surface area (Å²) in [5.74, 6) is 4.66. The van der Waals surface area contributed by atoms with Gasteiger partial charge < -0.3 is 11.2 Å². The van der Waals surface area contributed by atoms with Crippen molar-refractivity contribution in [3.8, 4) is 17.2 Å². The molecule has 100 valence electrons. The van der Waals surface area contributed by atoms with E-state index in [9.17, 15) is 4.39 Å². The molecule has 20 heavy (non-hydrogen) atoms. The molecule has 5 N–H and O–H groups in total. The summed E-state index contributed by atoms with van der Waals surface area (Å²) in [7, 11) is 0. The highest BCUT2D eigenvalue weighted by Crippen LogP contribution is 2.23. The van der Waals surface area contributed by atoms with E-state index in [2.05, 4.69) is 10.4 Å². The number of nitrogens with two attached hydrogens (primary N) is 2. The standard InChI is InChI=1S/C14H12FN5/c15-14-11(2-1-7-19-14)9-3-5-10(6-4-9)13(17)12(8-16)20-18/h1-7,20H,17-18H2/b13-12-. The molecule has 6 heteroatoms. The molecule has 5 nitrogen and oxygen atoms in total. The summed E-state index contributed by atoms with van der Waals surface area (Å²) in [4.78, 5) is 3.60. The number of nitriles is 1. The summed E-state index contributed by atoms with van der Waals surface area (Å²) in [6.07, 6.45) is 1.39. The SMILES string of the molecule is N#C/C(NN)=C(/N)c1ccc(-c2cccnc2F)cc1. The molecular weight excluding hydrogens is 257 g/mol. The first-order valence-corrected chi connectivity index (χ1v) is 5.75. The fourth-order valence-electron chi connectivity index (χ4n) is 1.75. The Bertz CT molecular complexity index is 685. The quantitative estimate of drug-likeness (QED) is 0.339. The highest BCUT2D eigenvalue weighted by molar-refractivity contribution is 5.71. The molecule has 0 saturated heterocycles. The van der Waals surface area contributed by atoms with Crippen LogP contribution >= 0.6 is 0 Å². The van der Waals surface area contributed by atoms with E-state index in [1.54, 1.807) is 36.4 Å². The summed E-state index contributed by atoms with van der Waals surface area (Å²) in [6.45, 7) is 0. The summed E-state index contributed by atoms with van der Waals surface area (Å²) >= 11 is 0. The van der Waals surface area contributed by atoms with Crippen molar-refractivity contribution in [1.82, 2.24) is 10.4 Å². The molecule has 0 saturated carbocycles. The van der Waals surface area contributed by atoms with Crippen LogP contribution in [0, 0.1) is 17.3 Å². The van der Waals surface area contributed by atoms with Crippen LogP contribution in [0.15, 0.2) is 48.3 Å². The van der Waals surface area contributed by atoms with Crippen LogP contribution in [0.3, 0.4) is 0 Å². The second kappa shape index (κ2) is 5.82. The molecule has 0 atom stereocenters. The minimum absolute atomic E-state index is 0.0744. The Balaban J connectivity index is 2.40. The zero-order valence-corrected chi connectivity index (χ0v) is 10.5. The second-order valence-corrected chi connectivity index (χ2v) is 3.96. The molecule has 0 bridgehead atoms. The summed E-state index contributed by atoms with van der Waals surface area (Å²) in [5, 5.41) is 8.84. The Labute approximate surface area is 115 Å². The van der Waals surface area contributed by atoms with Gasteiger partial charge in [0.15, 0.2) is 5.70 Å². The molecule has 0 radical (unpaired) electrons. The van der Waals surface area contributed by atoms with E-state index in [1.165, 1.54) is 6.20 Å². The van der Waals surface area contributed by atoms with Crippen LogP contribution in [0.25, 0.3) is 16.8 Å². The number of pyridine rings is 1. The van der Waals surface area contributed by atoms with Gasteiger partial charge in [0.05, 0.1) is 5.70 Å². The van der Waals surface area contributed by atoms with E-state index in [1.807, 2.05) is 6.07 Å². The van der Waals surface area contributed by atoms with Crippen LogP contribution in [0.2, 0.25) is 0 Å². The molecule has 0 amide bonds. The summed E-state index contributed by atoms with van der Waals surface area (Å²) < 4.78 is 13.6. The molecule has 0 spiro atoms. The Morgan fingerprint density at radius 1 is 1.25 bits per heavy atom. The maximum atomic E-state index is 13.6. The van der Waals surface area contributed by atoms with Gasteiger partial charge in [-0.25, -0.2) is 10.8 Å². The van der Waals surface area contributed by atoms with Crippen molar-refractivity contribution in [2.75, 3.05) is 0 Å². The first kappa shape index (κ1) is 13.5. The predicted octanol–water partition coefficient (Wildman–Crippen LogP) is 1.50.